The average molecular weight is 235 g/mol. The molecular weight excluding hydrogens is 218 g/mol. The van der Waals surface area contributed by atoms with Crippen LogP contribution in [0.5, 0.6) is 0 Å². The van der Waals surface area contributed by atoms with Gasteiger partial charge in [-0.2, -0.15) is 0 Å². The van der Waals surface area contributed by atoms with Crippen molar-refractivity contribution in [2.24, 2.45) is 5.73 Å². The zero-order chi connectivity index (χ0) is 11.5. The molecule has 16 heavy (non-hydrogen) atoms. The van der Waals surface area contributed by atoms with E-state index in [2.05, 4.69) is 34.8 Å². The number of nitrogens with two attached hydrogens (primary N) is 1. The molecule has 0 aliphatic heterocycles. The molecule has 3 nitrogen and oxygen atoms in total. The summed E-state index contributed by atoms with van der Waals surface area (Å²) in [6, 6.07) is 2.18. The Morgan fingerprint density at radius 2 is 2.38 bits per heavy atom. The number of aromatic nitrogens is 2. The minimum atomic E-state index is 0.0627. The van der Waals surface area contributed by atoms with Gasteiger partial charge in [0.25, 0.3) is 0 Å². The van der Waals surface area contributed by atoms with Crippen molar-refractivity contribution in [1.29, 1.82) is 0 Å². The SMILES string of the molecule is CCn1ccnc1CC(N)c1sccc1C. The fraction of sp³-hybridized carbons (Fsp3) is 0.417. The van der Waals surface area contributed by atoms with Crippen molar-refractivity contribution in [2.75, 3.05) is 0 Å². The Morgan fingerprint density at radius 1 is 1.56 bits per heavy atom. The van der Waals surface area contributed by atoms with Gasteiger partial charge in [0, 0.05) is 36.3 Å². The van der Waals surface area contributed by atoms with Crippen molar-refractivity contribution < 1.29 is 0 Å². The first-order chi connectivity index (χ1) is 7.72. The van der Waals surface area contributed by atoms with E-state index in [0.717, 1.165) is 18.8 Å². The van der Waals surface area contributed by atoms with Gasteiger partial charge in [0.05, 0.1) is 0 Å². The highest BCUT2D eigenvalue weighted by Crippen LogP contribution is 2.24. The third-order valence-electron chi connectivity index (χ3n) is 2.78. The topological polar surface area (TPSA) is 43.8 Å². The van der Waals surface area contributed by atoms with Gasteiger partial charge < -0.3 is 10.3 Å². The molecule has 1 unspecified atom stereocenters. The molecule has 0 amide bonds. The highest BCUT2D eigenvalue weighted by Gasteiger charge is 2.13. The summed E-state index contributed by atoms with van der Waals surface area (Å²) in [5.41, 5.74) is 7.50. The second kappa shape index (κ2) is 4.80. The molecule has 0 aliphatic carbocycles. The standard InChI is InChI=1S/C12H17N3S/c1-3-15-6-5-14-11(15)8-10(13)12-9(2)4-7-16-12/h4-7,10H,3,8,13H2,1-2H3. The smallest absolute Gasteiger partial charge is 0.110 e. The van der Waals surface area contributed by atoms with E-state index in [1.54, 1.807) is 11.3 Å². The molecule has 2 heterocycles. The van der Waals surface area contributed by atoms with Crippen molar-refractivity contribution in [3.05, 3.63) is 40.1 Å². The average Bonchev–Trinajstić information content (AvgIpc) is 2.86. The summed E-state index contributed by atoms with van der Waals surface area (Å²) >= 11 is 1.73. The number of hydrogen-bond donors (Lipinski definition) is 1. The van der Waals surface area contributed by atoms with Crippen LogP contribution >= 0.6 is 11.3 Å². The molecule has 2 aromatic rings. The van der Waals surface area contributed by atoms with Crippen LogP contribution in [0.4, 0.5) is 0 Å². The molecule has 0 spiro atoms. The molecule has 0 fully saturated rings. The first-order valence-corrected chi connectivity index (χ1v) is 6.40. The van der Waals surface area contributed by atoms with Gasteiger partial charge in [-0.1, -0.05) is 0 Å². The lowest BCUT2D eigenvalue weighted by Crippen LogP contribution is -2.16. The first-order valence-electron chi connectivity index (χ1n) is 5.52. The van der Waals surface area contributed by atoms with Crippen molar-refractivity contribution in [2.45, 2.75) is 32.9 Å². The quantitative estimate of drug-likeness (QED) is 0.885. The van der Waals surface area contributed by atoms with Gasteiger partial charge in [-0.3, -0.25) is 0 Å². The van der Waals surface area contributed by atoms with Gasteiger partial charge in [0.2, 0.25) is 0 Å². The van der Waals surface area contributed by atoms with Gasteiger partial charge in [0.15, 0.2) is 0 Å². The monoisotopic (exact) mass is 235 g/mol. The van der Waals surface area contributed by atoms with Crippen molar-refractivity contribution >= 4 is 11.3 Å². The van der Waals surface area contributed by atoms with Crippen molar-refractivity contribution in [3.8, 4) is 0 Å². The zero-order valence-electron chi connectivity index (χ0n) is 9.68. The highest BCUT2D eigenvalue weighted by molar-refractivity contribution is 7.10. The maximum Gasteiger partial charge on any atom is 0.110 e. The Bertz CT molecular complexity index is 458. The second-order valence-electron chi connectivity index (χ2n) is 3.91. The van der Waals surface area contributed by atoms with Gasteiger partial charge in [-0.05, 0) is 30.9 Å². The third-order valence-corrected chi connectivity index (χ3v) is 3.93. The van der Waals surface area contributed by atoms with Crippen LogP contribution in [0.1, 0.15) is 29.2 Å². The van der Waals surface area contributed by atoms with E-state index >= 15 is 0 Å². The third kappa shape index (κ3) is 2.18. The number of thiophene rings is 1. The van der Waals surface area contributed by atoms with E-state index in [1.807, 2.05) is 12.4 Å². The Balaban J connectivity index is 2.13. The van der Waals surface area contributed by atoms with Crippen LogP contribution in [0.3, 0.4) is 0 Å². The number of aryl methyl sites for hydroxylation is 2. The molecule has 4 heteroatoms. The van der Waals surface area contributed by atoms with Crippen LogP contribution in [-0.2, 0) is 13.0 Å². The van der Waals surface area contributed by atoms with Crippen LogP contribution in [0, 0.1) is 6.92 Å². The van der Waals surface area contributed by atoms with E-state index in [1.165, 1.54) is 10.4 Å². The van der Waals surface area contributed by atoms with E-state index in [0.29, 0.717) is 0 Å². The molecular formula is C12H17N3S. The second-order valence-corrected chi connectivity index (χ2v) is 4.86. The predicted octanol–water partition coefficient (Wildman–Crippen LogP) is 2.52. The lowest BCUT2D eigenvalue weighted by atomic mass is 10.1. The van der Waals surface area contributed by atoms with E-state index in [4.69, 9.17) is 5.73 Å². The maximum absolute atomic E-state index is 6.21. The van der Waals surface area contributed by atoms with Gasteiger partial charge in [-0.25, -0.2) is 4.98 Å². The Kier molecular flexibility index (Phi) is 3.41. The maximum atomic E-state index is 6.21. The van der Waals surface area contributed by atoms with Gasteiger partial charge >= 0.3 is 0 Å². The zero-order valence-corrected chi connectivity index (χ0v) is 10.5. The lowest BCUT2D eigenvalue weighted by Gasteiger charge is -2.11. The number of imidazole rings is 1. The fourth-order valence-corrected chi connectivity index (χ4v) is 2.80. The molecule has 0 aromatic carbocycles. The Hall–Kier alpha value is -1.13. The van der Waals surface area contributed by atoms with Crippen LogP contribution in [0.2, 0.25) is 0 Å². The van der Waals surface area contributed by atoms with Crippen LogP contribution in [0.15, 0.2) is 23.8 Å². The van der Waals surface area contributed by atoms with E-state index in [-0.39, 0.29) is 6.04 Å². The summed E-state index contributed by atoms with van der Waals surface area (Å²) in [7, 11) is 0. The summed E-state index contributed by atoms with van der Waals surface area (Å²) in [6.45, 7) is 5.18. The minimum absolute atomic E-state index is 0.0627. The summed E-state index contributed by atoms with van der Waals surface area (Å²) in [5.74, 6) is 1.07. The Morgan fingerprint density at radius 3 is 3.00 bits per heavy atom. The number of nitrogens with zero attached hydrogens (tertiary/aromatic N) is 2. The Labute approximate surface area is 99.9 Å². The molecule has 0 saturated carbocycles. The lowest BCUT2D eigenvalue weighted by molar-refractivity contribution is 0.632. The summed E-state index contributed by atoms with van der Waals surface area (Å²) < 4.78 is 2.14. The number of rotatable bonds is 4. The molecule has 0 aliphatic rings. The molecule has 0 bridgehead atoms. The molecule has 2 rings (SSSR count). The van der Waals surface area contributed by atoms with Gasteiger partial charge in [-0.15, -0.1) is 11.3 Å². The normalized spacial score (nSPS) is 12.9. The molecule has 0 saturated heterocycles. The largest absolute Gasteiger partial charge is 0.335 e. The van der Waals surface area contributed by atoms with Crippen LogP contribution in [-0.4, -0.2) is 9.55 Å². The molecule has 2 N–H and O–H groups in total. The van der Waals surface area contributed by atoms with E-state index in [9.17, 15) is 0 Å². The first kappa shape index (κ1) is 11.4. The van der Waals surface area contributed by atoms with Crippen molar-refractivity contribution in [1.82, 2.24) is 9.55 Å². The summed E-state index contributed by atoms with van der Waals surface area (Å²) in [5, 5.41) is 2.09. The summed E-state index contributed by atoms with van der Waals surface area (Å²) in [4.78, 5) is 5.62. The van der Waals surface area contributed by atoms with Crippen molar-refractivity contribution in [3.63, 3.8) is 0 Å². The molecule has 86 valence electrons. The number of hydrogen-bond acceptors (Lipinski definition) is 3. The molecule has 0 radical (unpaired) electrons. The van der Waals surface area contributed by atoms with Crippen LogP contribution < -0.4 is 5.73 Å². The predicted molar refractivity (Wildman–Crippen MR) is 67.6 cm³/mol. The molecule has 1 atom stereocenters. The van der Waals surface area contributed by atoms with Crippen LogP contribution in [0.25, 0.3) is 0 Å². The van der Waals surface area contributed by atoms with E-state index < -0.39 is 0 Å². The minimum Gasteiger partial charge on any atom is -0.335 e. The highest BCUT2D eigenvalue weighted by atomic mass is 32.1. The molecule has 2 aromatic heterocycles. The fourth-order valence-electron chi connectivity index (χ4n) is 1.87. The van der Waals surface area contributed by atoms with Gasteiger partial charge in [0.1, 0.15) is 5.82 Å². The summed E-state index contributed by atoms with van der Waals surface area (Å²) in [6.07, 6.45) is 4.65.